The molecule has 0 aliphatic carbocycles. The molecule has 1 aromatic carbocycles. The molecule has 9 heteroatoms. The van der Waals surface area contributed by atoms with E-state index in [9.17, 15) is 13.6 Å². The highest BCUT2D eigenvalue weighted by molar-refractivity contribution is 5.59. The van der Waals surface area contributed by atoms with Gasteiger partial charge in [0.25, 0.3) is 0 Å². The van der Waals surface area contributed by atoms with Crippen LogP contribution in [0.2, 0.25) is 0 Å². The Morgan fingerprint density at radius 3 is 2.82 bits per heavy atom. The molecule has 90 valence electrons. The van der Waals surface area contributed by atoms with E-state index < -0.39 is 12.3 Å². The number of halogens is 2. The molecule has 17 heavy (non-hydrogen) atoms. The topological polar surface area (TPSA) is 98.8 Å². The summed E-state index contributed by atoms with van der Waals surface area (Å²) in [5, 5.41) is 8.76. The zero-order chi connectivity index (χ0) is 12.4. The number of aromatic amines is 1. The number of hydrogen-bond donors (Lipinski definition) is 2. The first-order chi connectivity index (χ1) is 8.08. The first kappa shape index (κ1) is 11.0. The van der Waals surface area contributed by atoms with Gasteiger partial charge in [0.1, 0.15) is 5.75 Å². The van der Waals surface area contributed by atoms with Crippen molar-refractivity contribution in [3.8, 4) is 11.4 Å². The number of benzene rings is 1. The van der Waals surface area contributed by atoms with Gasteiger partial charge >= 0.3 is 12.3 Å². The van der Waals surface area contributed by atoms with Crippen LogP contribution < -0.4 is 16.2 Å². The average Bonchev–Trinajstić information content (AvgIpc) is 2.67. The van der Waals surface area contributed by atoms with Crippen molar-refractivity contribution in [3.05, 3.63) is 28.7 Å². The van der Waals surface area contributed by atoms with Crippen LogP contribution >= 0.6 is 0 Å². The van der Waals surface area contributed by atoms with Gasteiger partial charge in [-0.15, -0.1) is 0 Å². The second-order valence-electron chi connectivity index (χ2n) is 3.02. The first-order valence-corrected chi connectivity index (χ1v) is 4.43. The standard InChI is InChI=1S/C8H7F2N5O2/c9-7(10)17-4-1-2-5(11)6(3-4)15-8(16)12-13-14-15/h1-3,7H,11H2,(H,12,14,16). The molecule has 3 N–H and O–H groups in total. The predicted octanol–water partition coefficient (Wildman–Crippen LogP) is 0.139. The molecular formula is C8H7F2N5O2. The largest absolute Gasteiger partial charge is 0.435 e. The van der Waals surface area contributed by atoms with Crippen molar-refractivity contribution < 1.29 is 13.5 Å². The number of ether oxygens (including phenoxy) is 1. The number of nitrogens with two attached hydrogens (primary N) is 1. The highest BCUT2D eigenvalue weighted by atomic mass is 19.3. The number of nitrogens with zero attached hydrogens (tertiary/aromatic N) is 3. The monoisotopic (exact) mass is 243 g/mol. The molecule has 0 aliphatic rings. The maximum Gasteiger partial charge on any atom is 0.387 e. The fourth-order valence-electron chi connectivity index (χ4n) is 1.24. The number of rotatable bonds is 3. The maximum atomic E-state index is 12.0. The summed E-state index contributed by atoms with van der Waals surface area (Å²) in [6.07, 6.45) is 0. The number of H-pyrrole nitrogens is 1. The lowest BCUT2D eigenvalue weighted by Gasteiger charge is -2.08. The van der Waals surface area contributed by atoms with E-state index in [1.165, 1.54) is 18.2 Å². The summed E-state index contributed by atoms with van der Waals surface area (Å²) in [6, 6.07) is 3.76. The summed E-state index contributed by atoms with van der Waals surface area (Å²) in [4.78, 5) is 11.2. The minimum atomic E-state index is -2.96. The summed E-state index contributed by atoms with van der Waals surface area (Å²) in [6.45, 7) is -2.96. The van der Waals surface area contributed by atoms with Crippen LogP contribution in [0.25, 0.3) is 5.69 Å². The van der Waals surface area contributed by atoms with Crippen molar-refractivity contribution in [2.45, 2.75) is 6.61 Å². The van der Waals surface area contributed by atoms with Crippen LogP contribution in [0.5, 0.6) is 5.75 Å². The molecule has 1 aromatic heterocycles. The van der Waals surface area contributed by atoms with Crippen LogP contribution in [0.15, 0.2) is 23.0 Å². The number of alkyl halides is 2. The van der Waals surface area contributed by atoms with Crippen LogP contribution in [0.4, 0.5) is 14.5 Å². The van der Waals surface area contributed by atoms with E-state index in [0.717, 1.165) is 4.68 Å². The maximum absolute atomic E-state index is 12.0. The lowest BCUT2D eigenvalue weighted by atomic mass is 10.2. The highest BCUT2D eigenvalue weighted by Gasteiger charge is 2.11. The van der Waals surface area contributed by atoms with Gasteiger partial charge in [0, 0.05) is 6.07 Å². The van der Waals surface area contributed by atoms with Gasteiger partial charge in [0.15, 0.2) is 0 Å². The van der Waals surface area contributed by atoms with Gasteiger partial charge < -0.3 is 10.5 Å². The molecule has 0 radical (unpaired) electrons. The Morgan fingerprint density at radius 2 is 2.24 bits per heavy atom. The minimum absolute atomic E-state index is 0.113. The van der Waals surface area contributed by atoms with Crippen LogP contribution in [0.1, 0.15) is 0 Å². The van der Waals surface area contributed by atoms with Crippen molar-refractivity contribution in [1.82, 2.24) is 20.2 Å². The Labute approximate surface area is 92.8 Å². The van der Waals surface area contributed by atoms with E-state index >= 15 is 0 Å². The molecule has 0 aliphatic heterocycles. The van der Waals surface area contributed by atoms with Gasteiger partial charge in [0.2, 0.25) is 0 Å². The molecule has 0 unspecified atom stereocenters. The van der Waals surface area contributed by atoms with E-state index in [2.05, 4.69) is 20.3 Å². The smallest absolute Gasteiger partial charge is 0.387 e. The predicted molar refractivity (Wildman–Crippen MR) is 53.0 cm³/mol. The molecule has 1 heterocycles. The van der Waals surface area contributed by atoms with E-state index in [-0.39, 0.29) is 17.1 Å². The van der Waals surface area contributed by atoms with Crippen molar-refractivity contribution in [3.63, 3.8) is 0 Å². The SMILES string of the molecule is Nc1ccc(OC(F)F)cc1-n1nn[nH]c1=O. The van der Waals surface area contributed by atoms with Crippen LogP contribution in [0.3, 0.4) is 0 Å². The number of hydrogen-bond acceptors (Lipinski definition) is 5. The zero-order valence-electron chi connectivity index (χ0n) is 8.30. The summed E-state index contributed by atoms with van der Waals surface area (Å²) in [7, 11) is 0. The summed E-state index contributed by atoms with van der Waals surface area (Å²) in [5.74, 6) is -0.126. The Morgan fingerprint density at radius 1 is 1.47 bits per heavy atom. The lowest BCUT2D eigenvalue weighted by Crippen LogP contribution is -2.17. The van der Waals surface area contributed by atoms with Gasteiger partial charge in [0.05, 0.1) is 11.4 Å². The molecule has 0 atom stereocenters. The van der Waals surface area contributed by atoms with Gasteiger partial charge in [-0.2, -0.15) is 13.5 Å². The van der Waals surface area contributed by atoms with Gasteiger partial charge in [-0.25, -0.2) is 9.89 Å². The van der Waals surface area contributed by atoms with Gasteiger partial charge in [-0.1, -0.05) is 0 Å². The summed E-state index contributed by atoms with van der Waals surface area (Å²) < 4.78 is 29.1. The number of anilines is 1. The van der Waals surface area contributed by atoms with E-state index in [0.29, 0.717) is 0 Å². The zero-order valence-corrected chi connectivity index (χ0v) is 8.30. The molecule has 2 aromatic rings. The van der Waals surface area contributed by atoms with E-state index in [1.807, 2.05) is 0 Å². The average molecular weight is 243 g/mol. The Kier molecular flexibility index (Phi) is 2.73. The first-order valence-electron chi connectivity index (χ1n) is 4.43. The molecule has 0 saturated heterocycles. The molecule has 0 saturated carbocycles. The number of aromatic nitrogens is 4. The Balaban J connectivity index is 2.47. The molecule has 0 bridgehead atoms. The van der Waals surface area contributed by atoms with Crippen molar-refractivity contribution in [2.75, 3.05) is 5.73 Å². The minimum Gasteiger partial charge on any atom is -0.435 e. The fourth-order valence-corrected chi connectivity index (χ4v) is 1.24. The second-order valence-corrected chi connectivity index (χ2v) is 3.02. The number of tetrazole rings is 1. The molecule has 0 spiro atoms. The normalized spacial score (nSPS) is 10.8. The number of nitrogens with one attached hydrogen (secondary N) is 1. The van der Waals surface area contributed by atoms with Crippen LogP contribution in [-0.4, -0.2) is 26.8 Å². The third-order valence-corrected chi connectivity index (χ3v) is 1.93. The second kappa shape index (κ2) is 4.20. The summed E-state index contributed by atoms with van der Waals surface area (Å²) in [5.41, 5.74) is 5.26. The Hall–Kier alpha value is -2.45. The van der Waals surface area contributed by atoms with E-state index in [1.54, 1.807) is 0 Å². The van der Waals surface area contributed by atoms with Crippen molar-refractivity contribution >= 4 is 5.69 Å². The van der Waals surface area contributed by atoms with E-state index in [4.69, 9.17) is 5.73 Å². The quantitative estimate of drug-likeness (QED) is 0.747. The highest BCUT2D eigenvalue weighted by Crippen LogP contribution is 2.22. The van der Waals surface area contributed by atoms with Crippen LogP contribution in [0, 0.1) is 0 Å². The molecule has 0 amide bonds. The number of nitrogen functional groups attached to an aromatic ring is 1. The summed E-state index contributed by atoms with van der Waals surface area (Å²) >= 11 is 0. The molecular weight excluding hydrogens is 236 g/mol. The van der Waals surface area contributed by atoms with Gasteiger partial charge in [-0.05, 0) is 22.6 Å². The Bertz CT molecular complexity index is 579. The molecule has 2 rings (SSSR count). The third-order valence-electron chi connectivity index (χ3n) is 1.93. The lowest BCUT2D eigenvalue weighted by molar-refractivity contribution is -0.0498. The van der Waals surface area contributed by atoms with Crippen molar-refractivity contribution in [1.29, 1.82) is 0 Å². The van der Waals surface area contributed by atoms with Gasteiger partial charge in [-0.3, -0.25) is 0 Å². The molecule has 0 fully saturated rings. The third kappa shape index (κ3) is 2.22. The van der Waals surface area contributed by atoms with Crippen LogP contribution in [-0.2, 0) is 0 Å². The fraction of sp³-hybridized carbons (Fsp3) is 0.125. The van der Waals surface area contributed by atoms with Crippen molar-refractivity contribution in [2.24, 2.45) is 0 Å². The molecule has 7 nitrogen and oxygen atoms in total.